The fourth-order valence-corrected chi connectivity index (χ4v) is 4.15. The van der Waals surface area contributed by atoms with Gasteiger partial charge in [-0.1, -0.05) is 0 Å². The van der Waals surface area contributed by atoms with Gasteiger partial charge in [-0.15, -0.1) is 0 Å². The van der Waals surface area contributed by atoms with Crippen molar-refractivity contribution in [1.29, 1.82) is 0 Å². The number of aryl methyl sites for hydroxylation is 1. The van der Waals surface area contributed by atoms with Crippen LogP contribution in [0.5, 0.6) is 0 Å². The van der Waals surface area contributed by atoms with Gasteiger partial charge in [-0.2, -0.15) is 10.2 Å². The monoisotopic (exact) mass is 433 g/mol. The number of nitrogens with zero attached hydrogens (tertiary/aromatic N) is 7. The third-order valence-corrected chi connectivity index (χ3v) is 6.11. The molecule has 10 heteroatoms. The Morgan fingerprint density at radius 3 is 2.84 bits per heavy atom. The van der Waals surface area contributed by atoms with Crippen LogP contribution >= 0.6 is 0 Å². The first-order valence-electron chi connectivity index (χ1n) is 11.2. The Bertz CT molecular complexity index is 1230. The summed E-state index contributed by atoms with van der Waals surface area (Å²) in [6.07, 6.45) is 8.37. The molecular formula is C22H27N9O. The molecule has 0 bridgehead atoms. The first-order chi connectivity index (χ1) is 15.7. The number of aromatic nitrogens is 7. The predicted molar refractivity (Wildman–Crippen MR) is 120 cm³/mol. The van der Waals surface area contributed by atoms with E-state index in [2.05, 4.69) is 42.8 Å². The smallest absolute Gasteiger partial charge is 0.215 e. The van der Waals surface area contributed by atoms with Crippen LogP contribution in [0, 0.1) is 6.92 Å². The Balaban J connectivity index is 1.25. The maximum absolute atomic E-state index is 5.43. The molecule has 1 saturated carbocycles. The number of hydrogen-bond acceptors (Lipinski definition) is 7. The lowest BCUT2D eigenvalue weighted by atomic mass is 10.2. The van der Waals surface area contributed by atoms with Crippen molar-refractivity contribution in [3.05, 3.63) is 42.1 Å². The maximum Gasteiger partial charge on any atom is 0.215 e. The molecule has 2 aliphatic rings. The van der Waals surface area contributed by atoms with Gasteiger partial charge in [-0.25, -0.2) is 9.97 Å². The zero-order chi connectivity index (χ0) is 21.5. The lowest BCUT2D eigenvalue weighted by Crippen LogP contribution is -2.38. The number of H-pyrrole nitrogens is 1. The van der Waals surface area contributed by atoms with Crippen LogP contribution < -0.4 is 5.32 Å². The second-order valence-corrected chi connectivity index (χ2v) is 8.63. The van der Waals surface area contributed by atoms with E-state index in [1.807, 2.05) is 34.5 Å². The van der Waals surface area contributed by atoms with E-state index >= 15 is 0 Å². The molecule has 0 spiro atoms. The van der Waals surface area contributed by atoms with E-state index in [0.29, 0.717) is 11.9 Å². The van der Waals surface area contributed by atoms with Crippen molar-refractivity contribution in [3.8, 4) is 11.3 Å². The summed E-state index contributed by atoms with van der Waals surface area (Å²) in [6.45, 7) is 7.38. The first kappa shape index (κ1) is 19.4. The number of hydrogen-bond donors (Lipinski definition) is 2. The first-order valence-corrected chi connectivity index (χ1v) is 11.2. The zero-order valence-electron chi connectivity index (χ0n) is 18.2. The van der Waals surface area contributed by atoms with E-state index in [4.69, 9.17) is 9.72 Å². The van der Waals surface area contributed by atoms with Crippen LogP contribution in [-0.2, 0) is 11.3 Å². The summed E-state index contributed by atoms with van der Waals surface area (Å²) in [5, 5.41) is 15.5. The van der Waals surface area contributed by atoms with Crippen LogP contribution in [0.15, 0.2) is 30.7 Å². The highest BCUT2D eigenvalue weighted by atomic mass is 16.5. The quantitative estimate of drug-likeness (QED) is 0.462. The number of ether oxygens (including phenoxy) is 1. The molecule has 0 unspecified atom stereocenters. The molecule has 6 rings (SSSR count). The largest absolute Gasteiger partial charge is 0.379 e. The normalized spacial score (nSPS) is 17.3. The summed E-state index contributed by atoms with van der Waals surface area (Å²) in [5.74, 6) is 2.08. The minimum Gasteiger partial charge on any atom is -0.379 e. The van der Waals surface area contributed by atoms with Gasteiger partial charge in [0.1, 0.15) is 5.65 Å². The molecule has 1 saturated heterocycles. The van der Waals surface area contributed by atoms with Gasteiger partial charge < -0.3 is 10.1 Å². The van der Waals surface area contributed by atoms with Gasteiger partial charge in [0.05, 0.1) is 37.3 Å². The van der Waals surface area contributed by atoms with Crippen molar-refractivity contribution < 1.29 is 4.74 Å². The van der Waals surface area contributed by atoms with Gasteiger partial charge in [0.15, 0.2) is 5.82 Å². The topological polar surface area (TPSA) is 101 Å². The lowest BCUT2D eigenvalue weighted by Gasteiger charge is -2.26. The number of imidazole rings is 1. The molecule has 10 nitrogen and oxygen atoms in total. The second-order valence-electron chi connectivity index (χ2n) is 8.63. The van der Waals surface area contributed by atoms with E-state index in [-0.39, 0.29) is 0 Å². The minimum atomic E-state index is 0.621. The summed E-state index contributed by atoms with van der Waals surface area (Å²) in [4.78, 5) is 12.0. The summed E-state index contributed by atoms with van der Waals surface area (Å²) in [7, 11) is 0. The average molecular weight is 434 g/mol. The predicted octanol–water partition coefficient (Wildman–Crippen LogP) is 2.58. The number of nitrogens with one attached hydrogen (secondary N) is 2. The maximum atomic E-state index is 5.43. The summed E-state index contributed by atoms with van der Waals surface area (Å²) in [6, 6.07) is 4.08. The van der Waals surface area contributed by atoms with Crippen molar-refractivity contribution in [1.82, 2.24) is 39.2 Å². The fraction of sp³-hybridized carbons (Fsp3) is 0.455. The molecule has 0 aromatic carbocycles. The highest BCUT2D eigenvalue weighted by Crippen LogP contribution is 2.39. The number of fused-ring (bicyclic) bond motifs is 1. The molecule has 1 aliphatic carbocycles. The van der Waals surface area contributed by atoms with Crippen LogP contribution in [-0.4, -0.2) is 72.1 Å². The highest BCUT2D eigenvalue weighted by molar-refractivity contribution is 5.66. The number of morpholine rings is 1. The van der Waals surface area contributed by atoms with Gasteiger partial charge in [0.25, 0.3) is 0 Å². The van der Waals surface area contributed by atoms with Crippen molar-refractivity contribution in [2.75, 3.05) is 38.2 Å². The molecule has 2 N–H and O–H groups in total. The third kappa shape index (κ3) is 3.98. The van der Waals surface area contributed by atoms with E-state index in [1.165, 1.54) is 18.5 Å². The van der Waals surface area contributed by atoms with Gasteiger partial charge in [-0.05, 0) is 19.8 Å². The van der Waals surface area contributed by atoms with Gasteiger partial charge in [-0.3, -0.25) is 19.1 Å². The molecule has 4 aromatic rings. The van der Waals surface area contributed by atoms with E-state index in [1.54, 1.807) is 0 Å². The van der Waals surface area contributed by atoms with Crippen molar-refractivity contribution in [2.24, 2.45) is 0 Å². The SMILES string of the molecule is Cc1cn2c(Nc3cc(C4CC4)[nH]n3)nc(-c3cnn(CCN4CCOCC4)c3)cc2n1. The average Bonchev–Trinajstić information content (AvgIpc) is 3.19. The summed E-state index contributed by atoms with van der Waals surface area (Å²) < 4.78 is 9.38. The van der Waals surface area contributed by atoms with Crippen LogP contribution in [0.1, 0.15) is 30.1 Å². The van der Waals surface area contributed by atoms with E-state index in [9.17, 15) is 0 Å². The van der Waals surface area contributed by atoms with Crippen LogP contribution in [0.3, 0.4) is 0 Å². The standard InChI is InChI=1S/C22H27N9O/c1-15-13-31-21(24-15)11-18(25-22(31)26-20-10-19(27-28-20)16-2-3-16)17-12-23-30(14-17)5-4-29-6-8-32-9-7-29/h10-14,16H,2-9H2,1H3,(H2,25,26,27,28). The Morgan fingerprint density at radius 2 is 2.00 bits per heavy atom. The molecule has 0 amide bonds. The molecule has 0 radical (unpaired) electrons. The molecule has 166 valence electrons. The van der Waals surface area contributed by atoms with Crippen molar-refractivity contribution in [3.63, 3.8) is 0 Å². The second kappa shape index (κ2) is 8.03. The summed E-state index contributed by atoms with van der Waals surface area (Å²) >= 11 is 0. The van der Waals surface area contributed by atoms with Crippen molar-refractivity contribution >= 4 is 17.4 Å². The molecular weight excluding hydrogens is 406 g/mol. The van der Waals surface area contributed by atoms with Gasteiger partial charge in [0.2, 0.25) is 5.95 Å². The lowest BCUT2D eigenvalue weighted by molar-refractivity contribution is 0.0360. The number of rotatable bonds is 7. The molecule has 5 heterocycles. The molecule has 1 aliphatic heterocycles. The Labute approximate surface area is 185 Å². The Hall–Kier alpha value is -3.24. The van der Waals surface area contributed by atoms with Gasteiger partial charge in [0, 0.05) is 61.3 Å². The van der Waals surface area contributed by atoms with Gasteiger partial charge >= 0.3 is 0 Å². The highest BCUT2D eigenvalue weighted by Gasteiger charge is 2.25. The fourth-order valence-electron chi connectivity index (χ4n) is 4.15. The van der Waals surface area contributed by atoms with E-state index in [0.717, 1.165) is 67.8 Å². The van der Waals surface area contributed by atoms with Crippen LogP contribution in [0.2, 0.25) is 0 Å². The number of anilines is 2. The Kier molecular flexibility index (Phi) is 4.88. The molecule has 0 atom stereocenters. The van der Waals surface area contributed by atoms with Crippen LogP contribution in [0.4, 0.5) is 11.8 Å². The zero-order valence-corrected chi connectivity index (χ0v) is 18.2. The number of aromatic amines is 1. The van der Waals surface area contributed by atoms with Crippen molar-refractivity contribution in [2.45, 2.75) is 32.2 Å². The van der Waals surface area contributed by atoms with Crippen LogP contribution in [0.25, 0.3) is 16.9 Å². The molecule has 2 fully saturated rings. The third-order valence-electron chi connectivity index (χ3n) is 6.11. The summed E-state index contributed by atoms with van der Waals surface area (Å²) in [5.41, 5.74) is 4.77. The minimum absolute atomic E-state index is 0.621. The van der Waals surface area contributed by atoms with E-state index < -0.39 is 0 Å². The molecule has 32 heavy (non-hydrogen) atoms. The Morgan fingerprint density at radius 1 is 1.12 bits per heavy atom. The molecule has 4 aromatic heterocycles.